The van der Waals surface area contributed by atoms with Gasteiger partial charge in [-0.2, -0.15) is 0 Å². The number of phenols is 7. The minimum Gasteiger partial charge on any atom is -0.508 e. The maximum atomic E-state index is 13.0. The topological polar surface area (TPSA) is 441 Å². The second-order valence-electron chi connectivity index (χ2n) is 18.1. The lowest BCUT2D eigenvalue weighted by atomic mass is 9.97. The molecule has 1 unspecified atom stereocenters. The van der Waals surface area contributed by atoms with E-state index in [-0.39, 0.29) is 39.5 Å². The molecule has 4 heterocycles. The number of aliphatic hydroxyl groups excluding tert-OH is 9. The molecule has 3 saturated heterocycles. The summed E-state index contributed by atoms with van der Waals surface area (Å²) in [5, 5.41) is 169. The van der Waals surface area contributed by atoms with Crippen LogP contribution in [0.3, 0.4) is 0 Å². The van der Waals surface area contributed by atoms with Crippen molar-refractivity contribution in [2.24, 2.45) is 0 Å². The number of aliphatic hydroxyl groups is 9. The first-order valence-corrected chi connectivity index (χ1v) is 23.6. The van der Waals surface area contributed by atoms with Gasteiger partial charge in [0.05, 0.1) is 12.2 Å². The average Bonchev–Trinajstić information content (AvgIpc) is 3.45. The SMILES string of the molecule is O=C(/C=C/c1ccc(O)c(O)c1)OC[C@@H]1O[C@@H](O[C@H]2[C@H](OC3=Cc4c(cc(O)cc4O[C@@H]4O[C@@H](CO)[C@@H](O)[C@H](O)[C@@H]4O)OC3c3ccc(O)c(O)c3)O[C@H](COC(=O)/C=C/c3ccc(O)c(O)c3)[C@@H](O)[C@H]2O)[C@H](O)[C@@H](O)[C@@H]1O. The Hall–Kier alpha value is -7.48. The molecule has 4 aliphatic rings. The predicted octanol–water partition coefficient (Wildman–Crippen LogP) is -1.55. The molecule has 0 saturated carbocycles. The Bertz CT molecular complexity index is 2890. The first kappa shape index (κ1) is 56.7. The van der Waals surface area contributed by atoms with Gasteiger partial charge in [-0.05, 0) is 65.8 Å². The van der Waals surface area contributed by atoms with E-state index in [1.807, 2.05) is 0 Å². The molecule has 4 aromatic rings. The van der Waals surface area contributed by atoms with Gasteiger partial charge in [0, 0.05) is 29.8 Å². The quantitative estimate of drug-likeness (QED) is 0.0343. The Morgan fingerprint density at radius 3 is 1.56 bits per heavy atom. The fourth-order valence-corrected chi connectivity index (χ4v) is 8.43. The molecule has 420 valence electrons. The van der Waals surface area contributed by atoms with Gasteiger partial charge in [-0.15, -0.1) is 0 Å². The number of fused-ring (bicyclic) bond motifs is 1. The number of benzene rings is 4. The molecule has 16 N–H and O–H groups in total. The molecule has 78 heavy (non-hydrogen) atoms. The first-order chi connectivity index (χ1) is 37.1. The van der Waals surface area contributed by atoms with Crippen LogP contribution >= 0.6 is 0 Å². The maximum Gasteiger partial charge on any atom is 0.330 e. The van der Waals surface area contributed by atoms with Crippen molar-refractivity contribution in [1.82, 2.24) is 0 Å². The Labute approximate surface area is 439 Å². The van der Waals surface area contributed by atoms with Crippen molar-refractivity contribution in [3.63, 3.8) is 0 Å². The van der Waals surface area contributed by atoms with E-state index in [9.17, 15) is 91.3 Å². The molecule has 16 atom stereocenters. The third-order valence-electron chi connectivity index (χ3n) is 12.7. The minimum absolute atomic E-state index is 0.0200. The number of carbonyl (C=O) groups is 2. The van der Waals surface area contributed by atoms with Crippen LogP contribution in [0.5, 0.6) is 51.7 Å². The van der Waals surface area contributed by atoms with E-state index in [0.717, 1.165) is 54.6 Å². The number of ether oxygens (including phenoxy) is 9. The van der Waals surface area contributed by atoms with E-state index >= 15 is 0 Å². The fraction of sp³-hybridized carbons (Fsp3) is 0.373. The molecular weight excluding hydrogens is 1040 g/mol. The van der Waals surface area contributed by atoms with E-state index in [1.54, 1.807) is 0 Å². The summed E-state index contributed by atoms with van der Waals surface area (Å²) in [6, 6.07) is 12.9. The van der Waals surface area contributed by atoms with Crippen molar-refractivity contribution < 1.29 is 134 Å². The standard InChI is InChI=1S/C51H54O27/c52-17-34-39(62)42(65)45(68)49(75-34)73-32-15-23(53)14-31-24(32)16-33(47(72-31)22-5-8-27(56)30(59)13-22)74-51-48(44(67)41(64)36(77-51)19-71-38(61)10-4-21-2-7-26(55)29(58)12-21)78-50-46(69)43(66)40(63)35(76-50)18-70-37(60)9-3-20-1-6-25(54)28(57)11-20/h1-16,34-36,39-59,62-69H,17-19H2/b9-3+,10-4+/t34-,35-,36+,39+,40+,41+,42-,43-,44+,45-,46+,47?,48+,49+,50-,51+/m0/s1. The minimum atomic E-state index is -2.18. The van der Waals surface area contributed by atoms with Gasteiger partial charge in [-0.25, -0.2) is 9.59 Å². The Kier molecular flexibility index (Phi) is 17.5. The highest BCUT2D eigenvalue weighted by molar-refractivity contribution is 5.87. The maximum absolute atomic E-state index is 13.0. The molecule has 8 rings (SSSR count). The highest BCUT2D eigenvalue weighted by Crippen LogP contribution is 2.47. The number of hydrogen-bond acceptors (Lipinski definition) is 27. The lowest BCUT2D eigenvalue weighted by Crippen LogP contribution is -2.64. The van der Waals surface area contributed by atoms with Crippen molar-refractivity contribution in [3.05, 3.63) is 107 Å². The molecule has 3 fully saturated rings. The normalized spacial score (nSPS) is 31.0. The second-order valence-corrected chi connectivity index (χ2v) is 18.1. The summed E-state index contributed by atoms with van der Waals surface area (Å²) in [6.07, 6.45) is -25.0. The van der Waals surface area contributed by atoms with Crippen LogP contribution < -0.4 is 9.47 Å². The Morgan fingerprint density at radius 2 is 1.01 bits per heavy atom. The van der Waals surface area contributed by atoms with Crippen molar-refractivity contribution in [2.75, 3.05) is 19.8 Å². The lowest BCUT2D eigenvalue weighted by molar-refractivity contribution is -0.364. The Morgan fingerprint density at radius 1 is 0.513 bits per heavy atom. The van der Waals surface area contributed by atoms with Crippen LogP contribution in [0.2, 0.25) is 0 Å². The summed E-state index contributed by atoms with van der Waals surface area (Å²) in [5.41, 5.74) is 0.427. The van der Waals surface area contributed by atoms with Crippen LogP contribution in [0.1, 0.15) is 28.4 Å². The van der Waals surface area contributed by atoms with Crippen molar-refractivity contribution in [3.8, 4) is 51.7 Å². The second kappa shape index (κ2) is 24.0. The highest BCUT2D eigenvalue weighted by atomic mass is 16.8. The van der Waals surface area contributed by atoms with Gasteiger partial charge < -0.3 is 124 Å². The molecule has 0 bridgehead atoms. The molecule has 27 heteroatoms. The van der Waals surface area contributed by atoms with Gasteiger partial charge in [-0.3, -0.25) is 0 Å². The molecule has 0 radical (unpaired) electrons. The van der Waals surface area contributed by atoms with Gasteiger partial charge in [0.2, 0.25) is 12.6 Å². The first-order valence-electron chi connectivity index (χ1n) is 23.6. The number of phenolic OH excluding ortho intramolecular Hbond substituents is 7. The van der Waals surface area contributed by atoms with Gasteiger partial charge in [0.25, 0.3) is 0 Å². The molecule has 0 aromatic heterocycles. The van der Waals surface area contributed by atoms with Gasteiger partial charge in [0.1, 0.15) is 103 Å². The van der Waals surface area contributed by atoms with Crippen molar-refractivity contribution in [2.45, 2.75) is 98.2 Å². The molecule has 4 aromatic carbocycles. The van der Waals surface area contributed by atoms with E-state index in [0.29, 0.717) is 0 Å². The molecular formula is C51H54O27. The average molecular weight is 1100 g/mol. The van der Waals surface area contributed by atoms with Crippen LogP contribution in [0, 0.1) is 0 Å². The van der Waals surface area contributed by atoms with Crippen LogP contribution in [-0.4, -0.2) is 206 Å². The number of carbonyl (C=O) groups excluding carboxylic acids is 2. The number of rotatable bonds is 16. The summed E-state index contributed by atoms with van der Waals surface area (Å²) < 4.78 is 52.5. The smallest absolute Gasteiger partial charge is 0.330 e. The van der Waals surface area contributed by atoms with Crippen LogP contribution in [0.25, 0.3) is 18.2 Å². The number of hydrogen-bond donors (Lipinski definition) is 16. The highest BCUT2D eigenvalue weighted by Gasteiger charge is 2.53. The van der Waals surface area contributed by atoms with Crippen molar-refractivity contribution in [1.29, 1.82) is 0 Å². The number of aromatic hydroxyl groups is 7. The summed E-state index contributed by atoms with van der Waals surface area (Å²) in [6.45, 7) is -2.46. The molecule has 0 spiro atoms. The zero-order valence-electron chi connectivity index (χ0n) is 40.2. The van der Waals surface area contributed by atoms with Crippen molar-refractivity contribution >= 4 is 30.2 Å². The molecule has 4 aliphatic heterocycles. The summed E-state index contributed by atoms with van der Waals surface area (Å²) in [7, 11) is 0. The monoisotopic (exact) mass is 1100 g/mol. The van der Waals surface area contributed by atoms with E-state index in [1.165, 1.54) is 42.5 Å². The third-order valence-corrected chi connectivity index (χ3v) is 12.7. The molecule has 0 amide bonds. The molecule has 0 aliphatic carbocycles. The van der Waals surface area contributed by atoms with Crippen LogP contribution in [0.15, 0.2) is 84.6 Å². The molecule has 27 nitrogen and oxygen atoms in total. The zero-order valence-corrected chi connectivity index (χ0v) is 40.2. The van der Waals surface area contributed by atoms with E-state index < -0.39 is 170 Å². The van der Waals surface area contributed by atoms with Gasteiger partial charge >= 0.3 is 11.9 Å². The van der Waals surface area contributed by atoms with E-state index in [4.69, 9.17) is 42.6 Å². The van der Waals surface area contributed by atoms with Gasteiger partial charge in [0.15, 0.2) is 53.0 Å². The Balaban J connectivity index is 1.11. The van der Waals surface area contributed by atoms with Crippen LogP contribution in [0.4, 0.5) is 0 Å². The lowest BCUT2D eigenvalue weighted by Gasteiger charge is -2.46. The fourth-order valence-electron chi connectivity index (χ4n) is 8.43. The number of esters is 2. The summed E-state index contributed by atoms with van der Waals surface area (Å²) in [5.74, 6) is -6.54. The predicted molar refractivity (Wildman–Crippen MR) is 256 cm³/mol. The van der Waals surface area contributed by atoms with Crippen LogP contribution in [-0.2, 0) is 42.7 Å². The van der Waals surface area contributed by atoms with Gasteiger partial charge in [-0.1, -0.05) is 18.2 Å². The van der Waals surface area contributed by atoms with E-state index in [2.05, 4.69) is 0 Å². The zero-order chi connectivity index (χ0) is 56.3. The third kappa shape index (κ3) is 12.6. The largest absolute Gasteiger partial charge is 0.508 e. The summed E-state index contributed by atoms with van der Waals surface area (Å²) >= 11 is 0. The summed E-state index contributed by atoms with van der Waals surface area (Å²) in [4.78, 5) is 25.7.